The Balaban J connectivity index is 2.42. The molecule has 1 heterocycles. The Bertz CT molecular complexity index is 506. The lowest BCUT2D eigenvalue weighted by molar-refractivity contribution is 0.486. The third-order valence-electron chi connectivity index (χ3n) is 4.13. The molecule has 1 aliphatic rings. The maximum atomic E-state index is 9.58. The van der Waals surface area contributed by atoms with Crippen LogP contribution in [0.5, 0.6) is 0 Å². The quantitative estimate of drug-likeness (QED) is 0.620. The van der Waals surface area contributed by atoms with Crippen molar-refractivity contribution in [2.45, 2.75) is 20.8 Å². The number of nitrogens with zero attached hydrogens (tertiary/aromatic N) is 3. The monoisotopic (exact) mass is 267 g/mol. The molecule has 0 N–H and O–H groups in total. The van der Waals surface area contributed by atoms with Crippen molar-refractivity contribution in [2.75, 3.05) is 26.2 Å². The molecule has 1 aliphatic heterocycles. The molecule has 0 radical (unpaired) electrons. The van der Waals surface area contributed by atoms with Crippen LogP contribution in [0.3, 0.4) is 0 Å². The van der Waals surface area contributed by atoms with E-state index in [1.54, 1.807) is 0 Å². The van der Waals surface area contributed by atoms with Crippen LogP contribution in [-0.4, -0.2) is 42.8 Å². The molecule has 104 valence electrons. The number of hydrogen-bond acceptors (Lipinski definition) is 3. The average molecular weight is 267 g/mol. The highest BCUT2D eigenvalue weighted by Gasteiger charge is 2.37. The van der Waals surface area contributed by atoms with Gasteiger partial charge in [0.05, 0.1) is 11.6 Å². The van der Waals surface area contributed by atoms with Gasteiger partial charge in [0.25, 0.3) is 0 Å². The van der Waals surface area contributed by atoms with Crippen LogP contribution in [0.15, 0.2) is 35.8 Å². The molecule has 3 nitrogen and oxygen atoms in total. The Labute approximate surface area is 122 Å². The topological polar surface area (TPSA) is 30.3 Å². The fourth-order valence-electron chi connectivity index (χ4n) is 3.06. The highest BCUT2D eigenvalue weighted by molar-refractivity contribution is 6.63. The van der Waals surface area contributed by atoms with E-state index < -0.39 is 0 Å². The summed E-state index contributed by atoms with van der Waals surface area (Å²) in [5.74, 6) is 0. The van der Waals surface area contributed by atoms with E-state index in [1.165, 1.54) is 5.47 Å². The molecule has 2 rings (SSSR count). The van der Waals surface area contributed by atoms with Gasteiger partial charge in [-0.15, -0.1) is 0 Å². The van der Waals surface area contributed by atoms with E-state index in [4.69, 9.17) is 0 Å². The maximum absolute atomic E-state index is 9.58. The van der Waals surface area contributed by atoms with E-state index in [1.807, 2.05) is 30.3 Å². The third kappa shape index (κ3) is 2.79. The Morgan fingerprint density at radius 2 is 1.70 bits per heavy atom. The van der Waals surface area contributed by atoms with Crippen LogP contribution in [-0.2, 0) is 0 Å². The summed E-state index contributed by atoms with van der Waals surface area (Å²) in [4.78, 5) is 4.89. The van der Waals surface area contributed by atoms with Gasteiger partial charge >= 0.3 is 6.98 Å². The lowest BCUT2D eigenvalue weighted by Gasteiger charge is -2.26. The Morgan fingerprint density at radius 1 is 1.15 bits per heavy atom. The molecular formula is C16H22BN3. The molecule has 1 aromatic rings. The van der Waals surface area contributed by atoms with Gasteiger partial charge in [0.2, 0.25) is 0 Å². The van der Waals surface area contributed by atoms with Crippen LogP contribution >= 0.6 is 0 Å². The second kappa shape index (κ2) is 6.74. The number of hydrogen-bond donors (Lipinski definition) is 0. The lowest BCUT2D eigenvalue weighted by atomic mass is 9.63. The minimum atomic E-state index is 0.264. The summed E-state index contributed by atoms with van der Waals surface area (Å²) in [6.45, 7) is 11.0. The van der Waals surface area contributed by atoms with Gasteiger partial charge in [-0.25, -0.2) is 0 Å². The van der Waals surface area contributed by atoms with Crippen molar-refractivity contribution in [1.82, 2.24) is 9.62 Å². The molecule has 0 amide bonds. The highest BCUT2D eigenvalue weighted by Crippen LogP contribution is 2.25. The molecule has 0 atom stereocenters. The second-order valence-electron chi connectivity index (χ2n) is 5.17. The van der Waals surface area contributed by atoms with Crippen molar-refractivity contribution >= 4 is 12.6 Å². The van der Waals surface area contributed by atoms with Crippen LogP contribution in [0.2, 0.25) is 0 Å². The van der Waals surface area contributed by atoms with Gasteiger partial charge in [-0.2, -0.15) is 5.26 Å². The average Bonchev–Trinajstić information content (AvgIpc) is 2.92. The first kappa shape index (κ1) is 14.8. The van der Waals surface area contributed by atoms with Crippen LogP contribution in [0.1, 0.15) is 26.3 Å². The fourth-order valence-corrected chi connectivity index (χ4v) is 3.06. The molecule has 1 aromatic carbocycles. The Kier molecular flexibility index (Phi) is 5.00. The van der Waals surface area contributed by atoms with Crippen molar-refractivity contribution in [3.63, 3.8) is 0 Å². The van der Waals surface area contributed by atoms with Crippen molar-refractivity contribution in [3.8, 4) is 6.07 Å². The van der Waals surface area contributed by atoms with Crippen molar-refractivity contribution in [1.29, 1.82) is 5.26 Å². The number of likely N-dealkylation sites (N-methyl/N-ethyl adjacent to an activating group) is 2. The number of allylic oxidation sites excluding steroid dienone is 2. The molecule has 0 bridgehead atoms. The predicted molar refractivity (Wildman–Crippen MR) is 84.9 cm³/mol. The summed E-state index contributed by atoms with van der Waals surface area (Å²) in [6, 6.07) is 12.4. The van der Waals surface area contributed by atoms with Gasteiger partial charge in [-0.3, -0.25) is 0 Å². The van der Waals surface area contributed by atoms with Crippen molar-refractivity contribution < 1.29 is 0 Å². The van der Waals surface area contributed by atoms with Crippen LogP contribution in [0.4, 0.5) is 0 Å². The fraction of sp³-hybridized carbons (Fsp3) is 0.438. The molecule has 0 aromatic heterocycles. The van der Waals surface area contributed by atoms with E-state index in [0.717, 1.165) is 37.3 Å². The van der Waals surface area contributed by atoms with Gasteiger partial charge < -0.3 is 9.62 Å². The highest BCUT2D eigenvalue weighted by atomic mass is 15.3. The molecule has 4 heteroatoms. The van der Waals surface area contributed by atoms with Crippen LogP contribution < -0.4 is 0 Å². The summed E-state index contributed by atoms with van der Waals surface area (Å²) < 4.78 is 0. The van der Waals surface area contributed by atoms with Crippen molar-refractivity contribution in [2.24, 2.45) is 0 Å². The van der Waals surface area contributed by atoms with Gasteiger partial charge in [-0.05, 0) is 25.6 Å². The molecule has 0 aliphatic carbocycles. The van der Waals surface area contributed by atoms with Gasteiger partial charge in [-0.1, -0.05) is 49.7 Å². The van der Waals surface area contributed by atoms with E-state index in [2.05, 4.69) is 36.5 Å². The molecule has 1 fully saturated rings. The van der Waals surface area contributed by atoms with Crippen molar-refractivity contribution in [3.05, 3.63) is 41.4 Å². The summed E-state index contributed by atoms with van der Waals surface area (Å²) in [7, 11) is 0. The smallest absolute Gasteiger partial charge is 0.323 e. The standard InChI is InChI=1S/C16H22BN3/c1-4-19-11-12-20(5-2)17(19)14(3)16(13-18)15-9-7-6-8-10-15/h6-10H,4-5,11-12H2,1-3H3/b16-14+. The minimum absolute atomic E-state index is 0.264. The molecule has 0 saturated carbocycles. The summed E-state index contributed by atoms with van der Waals surface area (Å²) in [5, 5.41) is 9.58. The summed E-state index contributed by atoms with van der Waals surface area (Å²) in [5.41, 5.74) is 3.00. The zero-order valence-electron chi connectivity index (χ0n) is 12.6. The first-order chi connectivity index (χ1) is 9.72. The van der Waals surface area contributed by atoms with E-state index >= 15 is 0 Å². The van der Waals surface area contributed by atoms with E-state index in [9.17, 15) is 5.26 Å². The third-order valence-corrected chi connectivity index (χ3v) is 4.13. The Morgan fingerprint density at radius 3 is 2.15 bits per heavy atom. The Hall–Kier alpha value is -1.57. The number of benzene rings is 1. The summed E-state index contributed by atoms with van der Waals surface area (Å²) in [6.07, 6.45) is 0. The zero-order chi connectivity index (χ0) is 14.5. The molecule has 1 saturated heterocycles. The summed E-state index contributed by atoms with van der Waals surface area (Å²) >= 11 is 0. The molecule has 0 spiro atoms. The number of nitriles is 1. The van der Waals surface area contributed by atoms with Crippen LogP contribution in [0, 0.1) is 11.3 Å². The van der Waals surface area contributed by atoms with Gasteiger partial charge in [0, 0.05) is 13.1 Å². The lowest BCUT2D eigenvalue weighted by Crippen LogP contribution is -2.45. The van der Waals surface area contributed by atoms with E-state index in [-0.39, 0.29) is 6.98 Å². The maximum Gasteiger partial charge on any atom is 0.343 e. The van der Waals surface area contributed by atoms with Gasteiger partial charge in [0.15, 0.2) is 0 Å². The molecule has 20 heavy (non-hydrogen) atoms. The minimum Gasteiger partial charge on any atom is -0.323 e. The first-order valence-corrected chi connectivity index (χ1v) is 7.37. The molecule has 0 unspecified atom stereocenters. The zero-order valence-corrected chi connectivity index (χ0v) is 12.6. The predicted octanol–water partition coefficient (Wildman–Crippen LogP) is 2.67. The van der Waals surface area contributed by atoms with Crippen LogP contribution in [0.25, 0.3) is 5.57 Å². The number of rotatable bonds is 4. The molecular weight excluding hydrogens is 245 g/mol. The van der Waals surface area contributed by atoms with E-state index in [0.29, 0.717) is 0 Å². The second-order valence-corrected chi connectivity index (χ2v) is 5.17. The largest absolute Gasteiger partial charge is 0.343 e. The van der Waals surface area contributed by atoms with Gasteiger partial charge in [0.1, 0.15) is 0 Å². The first-order valence-electron chi connectivity index (χ1n) is 7.37. The normalized spacial score (nSPS) is 18.0. The SMILES string of the molecule is CCN1CCN(CC)B1/C(C)=C(\C#N)c1ccccc1.